The third-order valence-electron chi connectivity index (χ3n) is 10.1. The molecular formula is C33H39ClF2N6O3. The monoisotopic (exact) mass is 640 g/mol. The lowest BCUT2D eigenvalue weighted by atomic mass is 9.94. The Morgan fingerprint density at radius 2 is 1.98 bits per heavy atom. The van der Waals surface area contributed by atoms with E-state index in [0.717, 1.165) is 45.2 Å². The zero-order valence-corrected chi connectivity index (χ0v) is 26.1. The highest BCUT2D eigenvalue weighted by Gasteiger charge is 2.49. The van der Waals surface area contributed by atoms with Crippen LogP contribution >= 0.6 is 11.6 Å². The van der Waals surface area contributed by atoms with Gasteiger partial charge < -0.3 is 20.1 Å². The number of carbonyl (C=O) groups is 1. The summed E-state index contributed by atoms with van der Waals surface area (Å²) in [6, 6.07) is 2.96. The average Bonchev–Trinajstić information content (AvgIpc) is 3.54. The number of benzene rings is 1. The first-order valence-electron chi connectivity index (χ1n) is 16.2. The van der Waals surface area contributed by atoms with E-state index in [1.807, 2.05) is 0 Å². The highest BCUT2D eigenvalue weighted by Crippen LogP contribution is 2.42. The maximum atomic E-state index is 16.7. The molecule has 0 spiro atoms. The van der Waals surface area contributed by atoms with E-state index >= 15 is 4.39 Å². The minimum absolute atomic E-state index is 0.0179. The molecule has 12 heteroatoms. The number of fused-ring (bicyclic) bond motifs is 9. The molecule has 45 heavy (non-hydrogen) atoms. The Bertz CT molecular complexity index is 1610. The molecule has 2 N–H and O–H groups in total. The average molecular weight is 641 g/mol. The molecule has 3 fully saturated rings. The van der Waals surface area contributed by atoms with E-state index in [1.54, 1.807) is 6.20 Å². The molecule has 0 aliphatic carbocycles. The molecule has 2 aromatic heterocycles. The predicted octanol–water partition coefficient (Wildman–Crippen LogP) is 5.59. The molecule has 5 aliphatic rings. The van der Waals surface area contributed by atoms with Crippen LogP contribution in [0.4, 0.5) is 14.6 Å². The van der Waals surface area contributed by atoms with Crippen molar-refractivity contribution in [2.75, 3.05) is 44.2 Å². The molecule has 1 aromatic carbocycles. The molecule has 3 aromatic rings. The first kappa shape index (κ1) is 30.3. The van der Waals surface area contributed by atoms with Crippen molar-refractivity contribution in [2.45, 2.75) is 75.9 Å². The molecule has 5 aliphatic heterocycles. The van der Waals surface area contributed by atoms with Crippen molar-refractivity contribution >= 4 is 34.2 Å². The number of anilines is 1. The number of ether oxygens (including phenoxy) is 1. The van der Waals surface area contributed by atoms with Crippen LogP contribution < -0.4 is 15.0 Å². The third kappa shape index (κ3) is 6.01. The number of aromatic hydroxyl groups is 1. The SMILES string of the molecule is O=C1CCCCc2c(Cl)cc(O)cc2-c2ncc3c(nc(OC[C@@]45CCCN4C[C@H](F)C5)nc3c2F)N2CCC[C@@H](CCN1)C2. The zero-order chi connectivity index (χ0) is 31.1. The fourth-order valence-corrected chi connectivity index (χ4v) is 8.14. The number of hydrogen-bond donors (Lipinski definition) is 2. The molecule has 3 saturated heterocycles. The van der Waals surface area contributed by atoms with E-state index in [2.05, 4.69) is 25.1 Å². The fourth-order valence-electron chi connectivity index (χ4n) is 7.83. The summed E-state index contributed by atoms with van der Waals surface area (Å²) in [6.07, 6.45) is 7.89. The predicted molar refractivity (Wildman–Crippen MR) is 168 cm³/mol. The molecule has 3 atom stereocenters. The number of halogens is 3. The van der Waals surface area contributed by atoms with Crippen LogP contribution in [0.25, 0.3) is 22.2 Å². The van der Waals surface area contributed by atoms with Crippen LogP contribution in [0.3, 0.4) is 0 Å². The highest BCUT2D eigenvalue weighted by molar-refractivity contribution is 6.32. The van der Waals surface area contributed by atoms with Crippen molar-refractivity contribution in [1.82, 2.24) is 25.2 Å². The number of aromatic nitrogens is 3. The normalized spacial score (nSPS) is 26.0. The minimum atomic E-state index is -0.897. The van der Waals surface area contributed by atoms with Gasteiger partial charge in [-0.1, -0.05) is 11.6 Å². The molecular weight excluding hydrogens is 602 g/mol. The van der Waals surface area contributed by atoms with E-state index in [1.165, 1.54) is 12.1 Å². The summed E-state index contributed by atoms with van der Waals surface area (Å²) in [6.45, 7) is 3.48. The van der Waals surface area contributed by atoms with Crippen LogP contribution in [0, 0.1) is 11.7 Å². The topological polar surface area (TPSA) is 104 Å². The van der Waals surface area contributed by atoms with Crippen molar-refractivity contribution < 1.29 is 23.4 Å². The number of nitrogens with one attached hydrogen (secondary N) is 1. The molecule has 6 bridgehead atoms. The zero-order valence-electron chi connectivity index (χ0n) is 25.3. The molecule has 240 valence electrons. The number of amides is 1. The number of rotatable bonds is 3. The van der Waals surface area contributed by atoms with Crippen LogP contribution in [0.15, 0.2) is 18.3 Å². The van der Waals surface area contributed by atoms with Gasteiger partial charge in [0.05, 0.1) is 10.9 Å². The number of phenolic OH excluding ortho intramolecular Hbond substituents is 1. The number of pyridine rings is 1. The third-order valence-corrected chi connectivity index (χ3v) is 10.4. The lowest BCUT2D eigenvalue weighted by Crippen LogP contribution is -2.43. The summed E-state index contributed by atoms with van der Waals surface area (Å²) in [5.41, 5.74) is 0.730. The standard InChI is InChI=1S/C33H39ClF2N6O3/c34-26-14-22(43)13-24-23(26)6-1-2-7-27(44)37-10-8-20-5-3-11-41(17-20)31-25-16-38-29(24)28(36)30(25)39-32(40-31)45-19-33-9-4-12-42(33)18-21(35)15-33/h13-14,16,20-21,43H,1-12,15,17-19H2,(H,37,44)/t20-,21+,33-/m0/s1. The molecule has 1 amide bonds. The Balaban J connectivity index is 1.33. The molecule has 0 saturated carbocycles. The maximum Gasteiger partial charge on any atom is 0.319 e. The van der Waals surface area contributed by atoms with Crippen molar-refractivity contribution in [1.29, 1.82) is 0 Å². The van der Waals surface area contributed by atoms with Gasteiger partial charge in [-0.2, -0.15) is 9.97 Å². The summed E-state index contributed by atoms with van der Waals surface area (Å²) in [7, 11) is 0. The van der Waals surface area contributed by atoms with Gasteiger partial charge in [-0.3, -0.25) is 14.7 Å². The van der Waals surface area contributed by atoms with E-state index in [4.69, 9.17) is 21.3 Å². The van der Waals surface area contributed by atoms with E-state index in [-0.39, 0.29) is 35.5 Å². The molecule has 0 radical (unpaired) electrons. The van der Waals surface area contributed by atoms with Gasteiger partial charge in [-0.15, -0.1) is 0 Å². The first-order valence-corrected chi connectivity index (χ1v) is 16.6. The summed E-state index contributed by atoms with van der Waals surface area (Å²) < 4.78 is 37.4. The van der Waals surface area contributed by atoms with Crippen LogP contribution in [0.5, 0.6) is 11.8 Å². The Kier molecular flexibility index (Phi) is 8.41. The first-order chi connectivity index (χ1) is 21.8. The second-order valence-corrected chi connectivity index (χ2v) is 13.5. The largest absolute Gasteiger partial charge is 0.508 e. The summed E-state index contributed by atoms with van der Waals surface area (Å²) >= 11 is 6.59. The van der Waals surface area contributed by atoms with Gasteiger partial charge >= 0.3 is 6.01 Å². The van der Waals surface area contributed by atoms with Crippen molar-refractivity contribution in [2.24, 2.45) is 5.92 Å². The second-order valence-electron chi connectivity index (χ2n) is 13.1. The van der Waals surface area contributed by atoms with Crippen molar-refractivity contribution in [3.05, 3.63) is 34.7 Å². The van der Waals surface area contributed by atoms with Gasteiger partial charge in [0.25, 0.3) is 0 Å². The molecule has 0 unspecified atom stereocenters. The highest BCUT2D eigenvalue weighted by atomic mass is 35.5. The van der Waals surface area contributed by atoms with Gasteiger partial charge in [0.2, 0.25) is 5.91 Å². The van der Waals surface area contributed by atoms with Gasteiger partial charge in [0, 0.05) is 55.8 Å². The lowest BCUT2D eigenvalue weighted by molar-refractivity contribution is -0.121. The maximum absolute atomic E-state index is 16.7. The Morgan fingerprint density at radius 3 is 2.87 bits per heavy atom. The van der Waals surface area contributed by atoms with E-state index in [9.17, 15) is 14.3 Å². The van der Waals surface area contributed by atoms with Crippen LogP contribution in [0.2, 0.25) is 5.02 Å². The van der Waals surface area contributed by atoms with Gasteiger partial charge in [0.1, 0.15) is 35.6 Å². The lowest BCUT2D eigenvalue weighted by Gasteiger charge is -2.34. The van der Waals surface area contributed by atoms with E-state index < -0.39 is 17.5 Å². The smallest absolute Gasteiger partial charge is 0.319 e. The number of alkyl halides is 1. The van der Waals surface area contributed by atoms with Crippen LogP contribution in [-0.4, -0.2) is 81.9 Å². The summed E-state index contributed by atoms with van der Waals surface area (Å²) in [5.74, 6) is 0.142. The molecule has 8 rings (SSSR count). The Hall–Kier alpha value is -3.31. The van der Waals surface area contributed by atoms with E-state index in [0.29, 0.717) is 85.0 Å². The number of carbonyl (C=O) groups excluding carboxylic acids is 1. The molecule has 9 nitrogen and oxygen atoms in total. The number of nitrogens with zero attached hydrogens (tertiary/aromatic N) is 5. The number of phenols is 1. The Labute approximate surface area is 266 Å². The summed E-state index contributed by atoms with van der Waals surface area (Å²) in [5, 5.41) is 14.3. The van der Waals surface area contributed by atoms with Crippen LogP contribution in [-0.2, 0) is 11.2 Å². The summed E-state index contributed by atoms with van der Waals surface area (Å²) in [4.78, 5) is 30.8. The van der Waals surface area contributed by atoms with Gasteiger partial charge in [-0.25, -0.2) is 8.78 Å². The van der Waals surface area contributed by atoms with Crippen molar-refractivity contribution in [3.8, 4) is 23.0 Å². The van der Waals surface area contributed by atoms with Crippen molar-refractivity contribution in [3.63, 3.8) is 0 Å². The fraction of sp³-hybridized carbons (Fsp3) is 0.576. The molecule has 7 heterocycles. The quantitative estimate of drug-likeness (QED) is 0.382. The second kappa shape index (κ2) is 12.5. The van der Waals surface area contributed by atoms with Crippen LogP contribution in [0.1, 0.15) is 63.4 Å². The Morgan fingerprint density at radius 1 is 1.11 bits per heavy atom. The van der Waals surface area contributed by atoms with Gasteiger partial charge in [0.15, 0.2) is 5.82 Å². The van der Waals surface area contributed by atoms with Gasteiger partial charge in [-0.05, 0) is 81.5 Å². The minimum Gasteiger partial charge on any atom is -0.508 e. The number of hydrogen-bond acceptors (Lipinski definition) is 8. The number of piperidine rings is 1.